The van der Waals surface area contributed by atoms with E-state index in [-0.39, 0.29) is 29.4 Å². The van der Waals surface area contributed by atoms with Crippen LogP contribution in [-0.4, -0.2) is 37.4 Å². The first-order valence-electron chi connectivity index (χ1n) is 6.91. The molecule has 0 aliphatic carbocycles. The molecule has 0 radical (unpaired) electrons. The van der Waals surface area contributed by atoms with Crippen molar-refractivity contribution in [2.45, 2.75) is 6.92 Å². The predicted octanol–water partition coefficient (Wildman–Crippen LogP) is 1.57. The van der Waals surface area contributed by atoms with Gasteiger partial charge in [0, 0.05) is 12.7 Å². The van der Waals surface area contributed by atoms with Crippen LogP contribution in [0, 0.1) is 12.7 Å². The zero-order valence-electron chi connectivity index (χ0n) is 12.3. The molecule has 1 aromatic rings. The van der Waals surface area contributed by atoms with E-state index in [1.165, 1.54) is 18.2 Å². The average molecular weight is 335 g/mol. The number of allylic oxidation sites excluding steroid dienone is 2. The third-order valence-corrected chi connectivity index (χ3v) is 4.62. The summed E-state index contributed by atoms with van der Waals surface area (Å²) in [7, 11) is -3.59. The fourth-order valence-corrected chi connectivity index (χ4v) is 3.30. The van der Waals surface area contributed by atoms with Crippen LogP contribution in [0.3, 0.4) is 0 Å². The number of aryl methyl sites for hydroxylation is 1. The number of hydrogen-bond acceptors (Lipinski definition) is 4. The number of hydrogen-bond donors (Lipinski definition) is 1. The number of nitrogens with zero attached hydrogens (tertiary/aromatic N) is 2. The summed E-state index contributed by atoms with van der Waals surface area (Å²) >= 11 is 0. The van der Waals surface area contributed by atoms with Crippen LogP contribution in [-0.2, 0) is 14.8 Å². The summed E-state index contributed by atoms with van der Waals surface area (Å²) in [6, 6.07) is 4.35. The van der Waals surface area contributed by atoms with Crippen LogP contribution in [0.1, 0.15) is 5.56 Å². The van der Waals surface area contributed by atoms with Gasteiger partial charge in [-0.15, -0.1) is 4.40 Å². The van der Waals surface area contributed by atoms with Crippen LogP contribution < -0.4 is 5.32 Å². The van der Waals surface area contributed by atoms with Crippen molar-refractivity contribution in [1.29, 1.82) is 0 Å². The van der Waals surface area contributed by atoms with Gasteiger partial charge in [-0.05, 0) is 36.8 Å². The first kappa shape index (κ1) is 15.4. The maximum absolute atomic E-state index is 13.8. The minimum Gasteiger partial charge on any atom is -0.331 e. The first-order chi connectivity index (χ1) is 10.9. The maximum atomic E-state index is 13.8. The number of rotatable bonds is 2. The van der Waals surface area contributed by atoms with Gasteiger partial charge >= 0.3 is 0 Å². The van der Waals surface area contributed by atoms with Crippen molar-refractivity contribution >= 4 is 27.5 Å². The molecule has 6 nitrogen and oxygen atoms in total. The summed E-state index contributed by atoms with van der Waals surface area (Å²) in [5.41, 5.74) is 0.909. The zero-order valence-corrected chi connectivity index (χ0v) is 13.1. The summed E-state index contributed by atoms with van der Waals surface area (Å²) in [6.07, 6.45) is 4.73. The lowest BCUT2D eigenvalue weighted by atomic mass is 10.1. The Labute approximate surface area is 133 Å². The Morgan fingerprint density at radius 1 is 1.39 bits per heavy atom. The molecule has 0 spiro atoms. The molecule has 0 fully saturated rings. The second-order valence-corrected chi connectivity index (χ2v) is 7.01. The van der Waals surface area contributed by atoms with Crippen LogP contribution in [0.5, 0.6) is 0 Å². The minimum atomic E-state index is -3.59. The third kappa shape index (κ3) is 3.16. The molecule has 120 valence electrons. The number of amides is 1. The fraction of sp³-hybridized carbons (Fsp3) is 0.200. The van der Waals surface area contributed by atoms with Crippen molar-refractivity contribution in [2.75, 3.05) is 17.6 Å². The zero-order chi connectivity index (χ0) is 16.6. The van der Waals surface area contributed by atoms with E-state index in [4.69, 9.17) is 0 Å². The predicted molar refractivity (Wildman–Crippen MR) is 84.9 cm³/mol. The number of benzene rings is 1. The molecule has 0 unspecified atom stereocenters. The Balaban J connectivity index is 1.92. The molecule has 2 aliphatic heterocycles. The summed E-state index contributed by atoms with van der Waals surface area (Å²) in [6.45, 7) is 2.00. The number of halogens is 1. The topological polar surface area (TPSA) is 78.8 Å². The number of carbonyl (C=O) groups excluding carboxylic acids is 1. The molecule has 23 heavy (non-hydrogen) atoms. The van der Waals surface area contributed by atoms with Crippen LogP contribution in [0.15, 0.2) is 46.5 Å². The first-order valence-corrected chi connectivity index (χ1v) is 8.52. The van der Waals surface area contributed by atoms with Gasteiger partial charge in [-0.25, -0.2) is 12.8 Å². The second-order valence-electron chi connectivity index (χ2n) is 5.25. The molecular formula is C15H14FN3O3S. The van der Waals surface area contributed by atoms with E-state index in [0.717, 1.165) is 5.56 Å². The fourth-order valence-electron chi connectivity index (χ4n) is 2.32. The number of sulfonamides is 1. The number of anilines is 1. The van der Waals surface area contributed by atoms with E-state index < -0.39 is 21.7 Å². The van der Waals surface area contributed by atoms with Gasteiger partial charge in [0.25, 0.3) is 15.9 Å². The monoisotopic (exact) mass is 335 g/mol. The highest BCUT2D eigenvalue weighted by Crippen LogP contribution is 2.21. The summed E-state index contributed by atoms with van der Waals surface area (Å²) < 4.78 is 40.8. The van der Waals surface area contributed by atoms with Gasteiger partial charge in [0.1, 0.15) is 5.82 Å². The quantitative estimate of drug-likeness (QED) is 0.890. The number of amidine groups is 1. The van der Waals surface area contributed by atoms with E-state index in [2.05, 4.69) is 9.71 Å². The lowest BCUT2D eigenvalue weighted by Crippen LogP contribution is -2.40. The second kappa shape index (κ2) is 5.62. The Hall–Kier alpha value is -2.48. The Morgan fingerprint density at radius 2 is 2.17 bits per heavy atom. The normalized spacial score (nSPS) is 18.8. The summed E-state index contributed by atoms with van der Waals surface area (Å²) in [4.78, 5) is 14.0. The lowest BCUT2D eigenvalue weighted by Gasteiger charge is -2.28. The number of carbonyl (C=O) groups is 1. The van der Waals surface area contributed by atoms with Gasteiger partial charge in [-0.2, -0.15) is 0 Å². The highest BCUT2D eigenvalue weighted by Gasteiger charge is 2.30. The molecule has 8 heteroatoms. The minimum absolute atomic E-state index is 0.0382. The molecule has 0 saturated heterocycles. The lowest BCUT2D eigenvalue weighted by molar-refractivity contribution is -0.112. The largest absolute Gasteiger partial charge is 0.331 e. The van der Waals surface area contributed by atoms with Crippen molar-refractivity contribution in [2.24, 2.45) is 4.40 Å². The van der Waals surface area contributed by atoms with Gasteiger partial charge in [-0.1, -0.05) is 6.07 Å². The molecule has 0 saturated carbocycles. The van der Waals surface area contributed by atoms with E-state index >= 15 is 0 Å². The smallest absolute Gasteiger partial charge is 0.259 e. The molecule has 2 heterocycles. The number of nitrogens with one attached hydrogen (secondary N) is 1. The third-order valence-electron chi connectivity index (χ3n) is 3.47. The van der Waals surface area contributed by atoms with Gasteiger partial charge in [0.05, 0.1) is 17.0 Å². The highest BCUT2D eigenvalue weighted by molar-refractivity contribution is 7.90. The van der Waals surface area contributed by atoms with Crippen LogP contribution in [0.25, 0.3) is 0 Å². The van der Waals surface area contributed by atoms with Gasteiger partial charge in [-0.3, -0.25) is 4.79 Å². The van der Waals surface area contributed by atoms with E-state index in [0.29, 0.717) is 0 Å². The van der Waals surface area contributed by atoms with E-state index in [1.54, 1.807) is 30.2 Å². The molecule has 1 aromatic carbocycles. The molecule has 2 aliphatic rings. The molecular weight excluding hydrogens is 321 g/mol. The average Bonchev–Trinajstić information content (AvgIpc) is 2.49. The van der Waals surface area contributed by atoms with E-state index in [1.807, 2.05) is 0 Å². The van der Waals surface area contributed by atoms with Crippen LogP contribution >= 0.6 is 0 Å². The van der Waals surface area contributed by atoms with Crippen LogP contribution in [0.2, 0.25) is 0 Å². The summed E-state index contributed by atoms with van der Waals surface area (Å²) in [5, 5.41) is 2.46. The van der Waals surface area contributed by atoms with Crippen molar-refractivity contribution in [3.63, 3.8) is 0 Å². The molecule has 1 amide bonds. The molecule has 0 aromatic heterocycles. The Morgan fingerprint density at radius 3 is 2.96 bits per heavy atom. The number of fused-ring (bicyclic) bond motifs is 1. The maximum Gasteiger partial charge on any atom is 0.259 e. The van der Waals surface area contributed by atoms with E-state index in [9.17, 15) is 17.6 Å². The van der Waals surface area contributed by atoms with Crippen molar-refractivity contribution in [3.05, 3.63) is 53.5 Å². The Bertz CT molecular complexity index is 872. The molecule has 0 bridgehead atoms. The molecule has 0 atom stereocenters. The molecule has 1 N–H and O–H groups in total. The van der Waals surface area contributed by atoms with Crippen molar-refractivity contribution in [1.82, 2.24) is 4.90 Å². The SMILES string of the molecule is Cc1ccc(F)c(NC(=O)C2=CC=CN3CCS(=O)(=O)N=C23)c1. The van der Waals surface area contributed by atoms with Gasteiger partial charge in [0.15, 0.2) is 5.84 Å². The highest BCUT2D eigenvalue weighted by atomic mass is 32.2. The van der Waals surface area contributed by atoms with Crippen molar-refractivity contribution < 1.29 is 17.6 Å². The van der Waals surface area contributed by atoms with Crippen LogP contribution in [0.4, 0.5) is 10.1 Å². The Kier molecular flexibility index (Phi) is 3.77. The standard InChI is InChI=1S/C15H14FN3O3S/c1-10-4-5-12(16)13(9-10)17-15(20)11-3-2-6-19-7-8-23(21,22)18-14(11)19/h2-6,9H,7-8H2,1H3,(H,17,20). The van der Waals surface area contributed by atoms with Gasteiger partial charge in [0.2, 0.25) is 0 Å². The van der Waals surface area contributed by atoms with Gasteiger partial charge < -0.3 is 10.2 Å². The molecule has 3 rings (SSSR count). The summed E-state index contributed by atoms with van der Waals surface area (Å²) in [5.74, 6) is -1.22. The van der Waals surface area contributed by atoms with Crippen molar-refractivity contribution in [3.8, 4) is 0 Å².